The van der Waals surface area contributed by atoms with Gasteiger partial charge < -0.3 is 25.3 Å². The van der Waals surface area contributed by atoms with Crippen molar-refractivity contribution in [2.24, 2.45) is 5.16 Å². The largest absolute Gasteiger partial charge is 0.477 e. The molecule has 16 heteroatoms. The van der Waals surface area contributed by atoms with Crippen LogP contribution in [0, 0.1) is 0 Å². The number of aromatic nitrogens is 1. The van der Waals surface area contributed by atoms with Crippen molar-refractivity contribution in [3.05, 3.63) is 52.7 Å². The minimum Gasteiger partial charge on any atom is -0.477 e. The third-order valence-electron chi connectivity index (χ3n) is 5.48. The zero-order valence-corrected chi connectivity index (χ0v) is 23.7. The molecule has 1 aromatic heterocycles. The van der Waals surface area contributed by atoms with Crippen LogP contribution in [-0.4, -0.2) is 73.8 Å². The number of β-lactam (4-membered cyclic amide) rings is 1. The highest BCUT2D eigenvalue weighted by Crippen LogP contribution is 2.37. The quantitative estimate of drug-likeness (QED) is 0.136. The van der Waals surface area contributed by atoms with Crippen molar-refractivity contribution in [2.45, 2.75) is 44.4 Å². The summed E-state index contributed by atoms with van der Waals surface area (Å²) in [6.45, 7) is 5.23. The van der Waals surface area contributed by atoms with Gasteiger partial charge in [-0.1, -0.05) is 17.3 Å². The first-order valence-corrected chi connectivity index (χ1v) is 14.0. The number of rotatable bonds is 10. The molecule has 3 heterocycles. The van der Waals surface area contributed by atoms with Gasteiger partial charge in [0.05, 0.1) is 0 Å². The lowest BCUT2D eigenvalue weighted by molar-refractivity contribution is -0.150. The normalized spacial score (nSPS) is 18.3. The van der Waals surface area contributed by atoms with E-state index >= 15 is 0 Å². The number of carbonyl (C=O) groups excluding carboxylic acids is 4. The molecule has 4 N–H and O–H groups in total. The zero-order chi connectivity index (χ0) is 29.7. The van der Waals surface area contributed by atoms with E-state index in [0.717, 1.165) is 16.2 Å². The van der Waals surface area contributed by atoms with Crippen molar-refractivity contribution >= 4 is 69.9 Å². The van der Waals surface area contributed by atoms with E-state index in [0.29, 0.717) is 23.4 Å². The van der Waals surface area contributed by atoms with Crippen molar-refractivity contribution in [3.8, 4) is 0 Å². The molecule has 2 aromatic rings. The second-order valence-electron chi connectivity index (χ2n) is 9.62. The van der Waals surface area contributed by atoms with Crippen LogP contribution in [0.15, 0.2) is 46.6 Å². The Hall–Kier alpha value is -4.44. The second-order valence-corrected chi connectivity index (χ2v) is 11.6. The first-order valence-electron chi connectivity index (χ1n) is 12.1. The number of nitrogens with one attached hydrogen (secondary N) is 3. The number of aliphatic carboxylic acids is 1. The molecular weight excluding hydrogens is 576 g/mol. The summed E-state index contributed by atoms with van der Waals surface area (Å²) in [6.07, 6.45) is 1.28. The van der Waals surface area contributed by atoms with Crippen molar-refractivity contribution in [1.29, 1.82) is 0 Å². The van der Waals surface area contributed by atoms with Gasteiger partial charge in [-0.2, -0.15) is 0 Å². The van der Waals surface area contributed by atoms with Gasteiger partial charge in [-0.25, -0.2) is 14.6 Å². The Labute approximate surface area is 242 Å². The van der Waals surface area contributed by atoms with E-state index < -0.39 is 40.9 Å². The van der Waals surface area contributed by atoms with E-state index in [1.807, 2.05) is 0 Å². The summed E-state index contributed by atoms with van der Waals surface area (Å²) in [7, 11) is 0. The molecular formula is C25H26N6O8S2. The lowest BCUT2D eigenvalue weighted by Crippen LogP contribution is -2.70. The highest BCUT2D eigenvalue weighted by molar-refractivity contribution is 8.00. The van der Waals surface area contributed by atoms with Crippen LogP contribution in [0.4, 0.5) is 15.6 Å². The van der Waals surface area contributed by atoms with Gasteiger partial charge in [-0.05, 0) is 44.5 Å². The predicted octanol–water partition coefficient (Wildman–Crippen LogP) is 2.35. The number of carboxylic acid groups (broad SMARTS) is 1. The van der Waals surface area contributed by atoms with Crippen LogP contribution in [0.1, 0.15) is 32.0 Å². The Morgan fingerprint density at radius 3 is 2.63 bits per heavy atom. The first-order chi connectivity index (χ1) is 19.5. The number of amides is 4. The van der Waals surface area contributed by atoms with E-state index in [9.17, 15) is 29.1 Å². The molecule has 216 valence electrons. The minimum atomic E-state index is -1.23. The van der Waals surface area contributed by atoms with Crippen LogP contribution in [0.2, 0.25) is 0 Å². The molecule has 2 aliphatic heterocycles. The highest BCUT2D eigenvalue weighted by atomic mass is 32.2. The number of thiazole rings is 1. The van der Waals surface area contributed by atoms with Gasteiger partial charge in [0, 0.05) is 16.8 Å². The summed E-state index contributed by atoms with van der Waals surface area (Å²) in [5.41, 5.74) is 0.258. The topological polar surface area (TPSA) is 189 Å². The number of hydrogen-bond acceptors (Lipinski definition) is 11. The number of carboxylic acids is 1. The standard InChI is InChI=1S/C25H26N6O8S2/c1-25(2,3)39-24(37)27-14-6-4-13(5-7-14)10-38-30-17(15-11-41-23(28-15)26-12-32)19(33)29-18-20(34)31-16(22(35)36)8-9-40-21(18)31/h4-8,11-12,18,21H,9-10H2,1-3H3,(H,27,37)(H,29,33)(H,35,36)(H,26,28,32)/t18?,21-/m0/s1. The average Bonchev–Trinajstić information content (AvgIpc) is 3.37. The highest BCUT2D eigenvalue weighted by Gasteiger charge is 2.53. The maximum atomic E-state index is 13.2. The number of hydrogen-bond donors (Lipinski definition) is 4. The Morgan fingerprint density at radius 1 is 1.24 bits per heavy atom. The SMILES string of the molecule is CC(C)(C)OC(=O)Nc1ccc(CON=C(C(=O)NC2C(=O)N3C(C(=O)O)=CCS[C@@H]23)c2csc(NC=O)n2)cc1. The van der Waals surface area contributed by atoms with Crippen LogP contribution < -0.4 is 16.0 Å². The van der Waals surface area contributed by atoms with Crippen LogP contribution in [0.25, 0.3) is 0 Å². The number of anilines is 2. The van der Waals surface area contributed by atoms with E-state index in [-0.39, 0.29) is 28.8 Å². The summed E-state index contributed by atoms with van der Waals surface area (Å²) in [4.78, 5) is 70.8. The average molecular weight is 603 g/mol. The third kappa shape index (κ3) is 7.20. The summed E-state index contributed by atoms with van der Waals surface area (Å²) < 4.78 is 5.22. The van der Waals surface area contributed by atoms with Crippen LogP contribution >= 0.6 is 23.1 Å². The fraction of sp³-hybridized carbons (Fsp3) is 0.320. The van der Waals surface area contributed by atoms with E-state index in [4.69, 9.17) is 9.57 Å². The molecule has 0 saturated carbocycles. The number of fused-ring (bicyclic) bond motifs is 1. The van der Waals surface area contributed by atoms with Crippen molar-refractivity contribution in [2.75, 3.05) is 16.4 Å². The lowest BCUT2D eigenvalue weighted by atomic mass is 10.0. The maximum Gasteiger partial charge on any atom is 0.412 e. The van der Waals surface area contributed by atoms with Gasteiger partial charge >= 0.3 is 12.1 Å². The number of thioether (sulfide) groups is 1. The Kier molecular flexibility index (Phi) is 8.92. The molecule has 4 amide bonds. The molecule has 1 fully saturated rings. The van der Waals surface area contributed by atoms with Gasteiger partial charge in [-0.15, -0.1) is 23.1 Å². The number of nitrogens with zero attached hydrogens (tertiary/aromatic N) is 3. The van der Waals surface area contributed by atoms with Gasteiger partial charge in [0.1, 0.15) is 35.0 Å². The molecule has 2 atom stereocenters. The second kappa shape index (κ2) is 12.4. The Balaban J connectivity index is 1.44. The Morgan fingerprint density at radius 2 is 1.98 bits per heavy atom. The van der Waals surface area contributed by atoms with Crippen LogP contribution in [0.5, 0.6) is 0 Å². The molecule has 1 aromatic carbocycles. The summed E-state index contributed by atoms with van der Waals surface area (Å²) in [5, 5.41) is 22.1. The van der Waals surface area contributed by atoms with E-state index in [1.165, 1.54) is 23.2 Å². The molecule has 0 bridgehead atoms. The molecule has 1 saturated heterocycles. The molecule has 1 unspecified atom stereocenters. The predicted molar refractivity (Wildman–Crippen MR) is 150 cm³/mol. The first kappa shape index (κ1) is 29.5. The van der Waals surface area contributed by atoms with E-state index in [1.54, 1.807) is 45.0 Å². The maximum absolute atomic E-state index is 13.2. The smallest absolute Gasteiger partial charge is 0.412 e. The zero-order valence-electron chi connectivity index (χ0n) is 22.1. The third-order valence-corrected chi connectivity index (χ3v) is 7.44. The van der Waals surface area contributed by atoms with Gasteiger partial charge in [0.15, 0.2) is 10.8 Å². The fourth-order valence-corrected chi connectivity index (χ4v) is 5.58. The van der Waals surface area contributed by atoms with Crippen molar-refractivity contribution in [1.82, 2.24) is 15.2 Å². The molecule has 0 radical (unpaired) electrons. The molecule has 41 heavy (non-hydrogen) atoms. The summed E-state index contributed by atoms with van der Waals surface area (Å²) in [5.74, 6) is -2.19. The number of oxime groups is 1. The van der Waals surface area contributed by atoms with E-state index in [2.05, 4.69) is 26.1 Å². The Bertz CT molecular complexity index is 1420. The monoisotopic (exact) mass is 602 g/mol. The van der Waals surface area contributed by atoms with Crippen molar-refractivity contribution in [3.63, 3.8) is 0 Å². The van der Waals surface area contributed by atoms with Crippen LogP contribution in [0.3, 0.4) is 0 Å². The number of ether oxygens (including phenoxy) is 1. The fourth-order valence-electron chi connectivity index (χ4n) is 3.73. The number of benzene rings is 1. The van der Waals surface area contributed by atoms with Crippen LogP contribution in [-0.2, 0) is 35.4 Å². The summed E-state index contributed by atoms with van der Waals surface area (Å²) in [6, 6.07) is 5.69. The van der Waals surface area contributed by atoms with Gasteiger partial charge in [0.25, 0.3) is 11.8 Å². The van der Waals surface area contributed by atoms with Crippen molar-refractivity contribution < 1.29 is 38.7 Å². The summed E-state index contributed by atoms with van der Waals surface area (Å²) >= 11 is 2.37. The molecule has 0 aliphatic carbocycles. The molecule has 4 rings (SSSR count). The minimum absolute atomic E-state index is 0.0472. The lowest BCUT2D eigenvalue weighted by Gasteiger charge is -2.48. The molecule has 0 spiro atoms. The molecule has 14 nitrogen and oxygen atoms in total. The molecule has 2 aliphatic rings. The van der Waals surface area contributed by atoms with Gasteiger partial charge in [0.2, 0.25) is 6.41 Å². The number of carbonyl (C=O) groups is 5. The van der Waals surface area contributed by atoms with Gasteiger partial charge in [-0.3, -0.25) is 24.6 Å².